The Hall–Kier alpha value is -2.97. The number of hydrogen-bond donors (Lipinski definition) is 3. The fourth-order valence-corrected chi connectivity index (χ4v) is 4.24. The van der Waals surface area contributed by atoms with Gasteiger partial charge in [-0.15, -0.1) is 11.3 Å². The molecule has 144 valence electrons. The van der Waals surface area contributed by atoms with Crippen LogP contribution in [0.25, 0.3) is 0 Å². The maximum Gasteiger partial charge on any atom is 0.252 e. The van der Waals surface area contributed by atoms with E-state index in [1.54, 1.807) is 23.6 Å². The number of ether oxygens (including phenoxy) is 1. The molecule has 0 bridgehead atoms. The Morgan fingerprint density at radius 1 is 1.25 bits per heavy atom. The van der Waals surface area contributed by atoms with E-state index in [2.05, 4.69) is 26.9 Å². The molecule has 3 heterocycles. The van der Waals surface area contributed by atoms with E-state index in [4.69, 9.17) is 4.74 Å². The van der Waals surface area contributed by atoms with E-state index in [1.165, 1.54) is 5.56 Å². The monoisotopic (exact) mass is 396 g/mol. The lowest BCUT2D eigenvalue weighted by molar-refractivity contribution is -0.129. The van der Waals surface area contributed by atoms with Crippen molar-refractivity contribution in [2.24, 2.45) is 0 Å². The van der Waals surface area contributed by atoms with E-state index in [0.29, 0.717) is 18.0 Å². The summed E-state index contributed by atoms with van der Waals surface area (Å²) in [6.45, 7) is 0.601. The number of H-pyrrole nitrogens is 1. The molecule has 2 amide bonds. The van der Waals surface area contributed by atoms with Crippen molar-refractivity contribution in [3.05, 3.63) is 70.0 Å². The molecule has 2 atom stereocenters. The number of hydrogen-bond acceptors (Lipinski definition) is 5. The van der Waals surface area contributed by atoms with Gasteiger partial charge >= 0.3 is 0 Å². The van der Waals surface area contributed by atoms with Crippen LogP contribution in [0.15, 0.2) is 54.0 Å². The number of carbonyl (C=O) groups excluding carboxylic acids is 2. The van der Waals surface area contributed by atoms with Gasteiger partial charge in [0.05, 0.1) is 19.2 Å². The van der Waals surface area contributed by atoms with Crippen LogP contribution in [0.2, 0.25) is 0 Å². The largest absolute Gasteiger partial charge is 0.372 e. The molecule has 0 fully saturated rings. The molecule has 2 aromatic heterocycles. The lowest BCUT2D eigenvalue weighted by Crippen LogP contribution is -2.38. The second kappa shape index (κ2) is 8.37. The van der Waals surface area contributed by atoms with Gasteiger partial charge in [0.15, 0.2) is 0 Å². The van der Waals surface area contributed by atoms with Crippen LogP contribution in [0, 0.1) is 0 Å². The van der Waals surface area contributed by atoms with Gasteiger partial charge in [-0.1, -0.05) is 30.3 Å². The number of rotatable bonds is 6. The third-order valence-electron chi connectivity index (χ3n) is 4.59. The molecule has 1 aromatic carbocycles. The van der Waals surface area contributed by atoms with Crippen molar-refractivity contribution >= 4 is 29.0 Å². The standard InChI is InChI=1S/C20H20N4O3S/c25-17(12-15-19-14(7-10-27-15)8-11-28-19)23-18(13-4-2-1-3-5-13)20(26)22-16-6-9-21-24-16/h1-6,8-9,11,15,18H,7,10,12H2,(H,23,25)(H2,21,22,24,26)/t15-,18+/m0/s1. The van der Waals surface area contributed by atoms with Crippen LogP contribution in [-0.4, -0.2) is 28.6 Å². The number of nitrogens with zero attached hydrogens (tertiary/aromatic N) is 1. The van der Waals surface area contributed by atoms with Gasteiger partial charge in [-0.2, -0.15) is 5.10 Å². The Morgan fingerprint density at radius 3 is 2.89 bits per heavy atom. The highest BCUT2D eigenvalue weighted by atomic mass is 32.1. The zero-order valence-electron chi connectivity index (χ0n) is 15.1. The first kappa shape index (κ1) is 18.4. The number of aromatic amines is 1. The molecular formula is C20H20N4O3S. The molecule has 4 rings (SSSR count). The Morgan fingerprint density at radius 2 is 2.11 bits per heavy atom. The van der Waals surface area contributed by atoms with Gasteiger partial charge in [0.25, 0.3) is 5.91 Å². The quantitative estimate of drug-likeness (QED) is 0.597. The average Bonchev–Trinajstić information content (AvgIpc) is 3.39. The summed E-state index contributed by atoms with van der Waals surface area (Å²) in [6.07, 6.45) is 2.32. The van der Waals surface area contributed by atoms with Crippen molar-refractivity contribution in [1.82, 2.24) is 15.5 Å². The fraction of sp³-hybridized carbons (Fsp3) is 0.250. The number of amides is 2. The minimum atomic E-state index is -0.816. The Labute approximate surface area is 166 Å². The number of aromatic nitrogens is 2. The molecule has 0 spiro atoms. The van der Waals surface area contributed by atoms with Gasteiger partial charge in [0.2, 0.25) is 5.91 Å². The van der Waals surface area contributed by atoms with Gasteiger partial charge in [-0.25, -0.2) is 0 Å². The van der Waals surface area contributed by atoms with E-state index < -0.39 is 6.04 Å². The molecule has 0 saturated heterocycles. The van der Waals surface area contributed by atoms with E-state index in [0.717, 1.165) is 11.3 Å². The summed E-state index contributed by atoms with van der Waals surface area (Å²) in [5.74, 6) is -0.107. The summed E-state index contributed by atoms with van der Waals surface area (Å²) >= 11 is 1.60. The van der Waals surface area contributed by atoms with Crippen molar-refractivity contribution in [1.29, 1.82) is 0 Å². The third kappa shape index (κ3) is 4.13. The minimum Gasteiger partial charge on any atom is -0.372 e. The highest BCUT2D eigenvalue weighted by molar-refractivity contribution is 7.10. The second-order valence-electron chi connectivity index (χ2n) is 6.49. The number of anilines is 1. The molecular weight excluding hydrogens is 376 g/mol. The van der Waals surface area contributed by atoms with Gasteiger partial charge in [0.1, 0.15) is 18.0 Å². The molecule has 0 aliphatic carbocycles. The van der Waals surface area contributed by atoms with E-state index in [1.807, 2.05) is 35.7 Å². The normalized spacial score (nSPS) is 16.8. The third-order valence-corrected chi connectivity index (χ3v) is 5.64. The summed E-state index contributed by atoms with van der Waals surface area (Å²) in [6, 6.07) is 12.1. The summed E-state index contributed by atoms with van der Waals surface area (Å²) < 4.78 is 5.80. The lowest BCUT2D eigenvalue weighted by atomic mass is 10.0. The summed E-state index contributed by atoms with van der Waals surface area (Å²) in [5.41, 5.74) is 1.94. The van der Waals surface area contributed by atoms with Crippen LogP contribution in [0.4, 0.5) is 5.82 Å². The van der Waals surface area contributed by atoms with Crippen LogP contribution in [0.5, 0.6) is 0 Å². The van der Waals surface area contributed by atoms with Crippen molar-refractivity contribution in [2.75, 3.05) is 11.9 Å². The molecule has 1 aliphatic heterocycles. The molecule has 1 aliphatic rings. The highest BCUT2D eigenvalue weighted by Gasteiger charge is 2.28. The first-order chi connectivity index (χ1) is 13.7. The topological polar surface area (TPSA) is 96.1 Å². The van der Waals surface area contributed by atoms with Gasteiger partial charge < -0.3 is 15.4 Å². The van der Waals surface area contributed by atoms with Crippen molar-refractivity contribution < 1.29 is 14.3 Å². The lowest BCUT2D eigenvalue weighted by Gasteiger charge is -2.24. The number of benzene rings is 1. The van der Waals surface area contributed by atoms with Crippen LogP contribution < -0.4 is 10.6 Å². The number of thiophene rings is 1. The smallest absolute Gasteiger partial charge is 0.252 e. The highest BCUT2D eigenvalue weighted by Crippen LogP contribution is 2.34. The molecule has 3 N–H and O–H groups in total. The van der Waals surface area contributed by atoms with Gasteiger partial charge in [-0.3, -0.25) is 14.7 Å². The molecule has 0 saturated carbocycles. The zero-order valence-corrected chi connectivity index (χ0v) is 15.9. The first-order valence-electron chi connectivity index (χ1n) is 9.03. The van der Waals surface area contributed by atoms with Crippen molar-refractivity contribution in [3.8, 4) is 0 Å². The average molecular weight is 396 g/mol. The predicted octanol–water partition coefficient (Wildman–Crippen LogP) is 2.97. The maximum atomic E-state index is 12.8. The van der Waals surface area contributed by atoms with Crippen molar-refractivity contribution in [3.63, 3.8) is 0 Å². The Balaban J connectivity index is 1.48. The van der Waals surface area contributed by atoms with Gasteiger partial charge in [-0.05, 0) is 29.0 Å². The van der Waals surface area contributed by atoms with E-state index in [-0.39, 0.29) is 24.3 Å². The molecule has 3 aromatic rings. The minimum absolute atomic E-state index is 0.175. The number of nitrogens with one attached hydrogen (secondary N) is 3. The zero-order chi connectivity index (χ0) is 19.3. The maximum absolute atomic E-state index is 12.8. The molecule has 8 heteroatoms. The molecule has 0 unspecified atom stereocenters. The molecule has 0 radical (unpaired) electrons. The summed E-state index contributed by atoms with van der Waals surface area (Å²) in [5, 5.41) is 14.1. The predicted molar refractivity (Wildman–Crippen MR) is 106 cm³/mol. The first-order valence-corrected chi connectivity index (χ1v) is 9.91. The fourth-order valence-electron chi connectivity index (χ4n) is 3.24. The van der Waals surface area contributed by atoms with E-state index >= 15 is 0 Å². The summed E-state index contributed by atoms with van der Waals surface area (Å²) in [4.78, 5) is 26.6. The van der Waals surface area contributed by atoms with Crippen LogP contribution in [-0.2, 0) is 20.7 Å². The number of fused-ring (bicyclic) bond motifs is 1. The SMILES string of the molecule is O=C(C[C@@H]1OCCc2ccsc21)N[C@@H](C(=O)Nc1ccn[nH]1)c1ccccc1. The molecule has 28 heavy (non-hydrogen) atoms. The summed E-state index contributed by atoms with van der Waals surface area (Å²) in [7, 11) is 0. The Kier molecular flexibility index (Phi) is 5.50. The van der Waals surface area contributed by atoms with Crippen molar-refractivity contribution in [2.45, 2.75) is 25.0 Å². The molecule has 7 nitrogen and oxygen atoms in total. The van der Waals surface area contributed by atoms with Crippen LogP contribution in [0.1, 0.15) is 34.6 Å². The van der Waals surface area contributed by atoms with Crippen LogP contribution >= 0.6 is 11.3 Å². The van der Waals surface area contributed by atoms with Crippen LogP contribution in [0.3, 0.4) is 0 Å². The van der Waals surface area contributed by atoms with Gasteiger partial charge in [0, 0.05) is 10.9 Å². The number of carbonyl (C=O) groups is 2. The Bertz CT molecular complexity index is 940. The second-order valence-corrected chi connectivity index (χ2v) is 7.44. The van der Waals surface area contributed by atoms with E-state index in [9.17, 15) is 9.59 Å².